The molecular weight excluding hydrogens is 295 g/mol. The number of nitrogens with one attached hydrogen (secondary N) is 1. The van der Waals surface area contributed by atoms with Crippen LogP contribution in [0.5, 0.6) is 0 Å². The van der Waals surface area contributed by atoms with Gasteiger partial charge in [-0.2, -0.15) is 0 Å². The topological polar surface area (TPSA) is 58.1 Å². The predicted octanol–water partition coefficient (Wildman–Crippen LogP) is 3.10. The van der Waals surface area contributed by atoms with Crippen LogP contribution in [0, 0.1) is 11.7 Å². The number of carbonyl (C=O) groups is 1. The molecule has 1 saturated heterocycles. The van der Waals surface area contributed by atoms with E-state index >= 15 is 0 Å². The van der Waals surface area contributed by atoms with Gasteiger partial charge in [-0.15, -0.1) is 0 Å². The van der Waals surface area contributed by atoms with E-state index in [9.17, 15) is 9.18 Å². The molecule has 1 aliphatic heterocycles. The number of aromatic nitrogens is 2. The van der Waals surface area contributed by atoms with Gasteiger partial charge in [-0.3, -0.25) is 4.79 Å². The van der Waals surface area contributed by atoms with Gasteiger partial charge in [0.1, 0.15) is 23.7 Å². The van der Waals surface area contributed by atoms with E-state index in [1.165, 1.54) is 24.9 Å². The summed E-state index contributed by atoms with van der Waals surface area (Å²) < 4.78 is 13.2. The third kappa shape index (κ3) is 3.83. The van der Waals surface area contributed by atoms with Crippen molar-refractivity contribution >= 4 is 17.4 Å². The lowest BCUT2D eigenvalue weighted by atomic mass is 10.0. The zero-order chi connectivity index (χ0) is 16.2. The Balaban J connectivity index is 1.75. The van der Waals surface area contributed by atoms with Crippen LogP contribution in [0.4, 0.5) is 15.9 Å². The first-order chi connectivity index (χ1) is 11.1. The molecule has 0 spiro atoms. The second-order valence-corrected chi connectivity index (χ2v) is 5.92. The van der Waals surface area contributed by atoms with E-state index < -0.39 is 5.82 Å². The largest absolute Gasteiger partial charge is 0.356 e. The van der Waals surface area contributed by atoms with Gasteiger partial charge >= 0.3 is 0 Å². The lowest BCUT2D eigenvalue weighted by molar-refractivity contribution is 0.102. The molecule has 0 aliphatic carbocycles. The fourth-order valence-corrected chi connectivity index (χ4v) is 2.80. The number of halogens is 1. The molecule has 1 amide bonds. The van der Waals surface area contributed by atoms with Crippen molar-refractivity contribution in [2.75, 3.05) is 23.3 Å². The molecule has 5 nitrogen and oxygen atoms in total. The molecule has 1 N–H and O–H groups in total. The Labute approximate surface area is 134 Å². The molecule has 1 unspecified atom stereocenters. The van der Waals surface area contributed by atoms with E-state index in [-0.39, 0.29) is 11.6 Å². The van der Waals surface area contributed by atoms with Crippen LogP contribution in [0.3, 0.4) is 0 Å². The van der Waals surface area contributed by atoms with Crippen LogP contribution in [0.25, 0.3) is 0 Å². The summed E-state index contributed by atoms with van der Waals surface area (Å²) in [5.74, 6) is 0.608. The van der Waals surface area contributed by atoms with Crippen LogP contribution < -0.4 is 10.2 Å². The molecule has 0 radical (unpaired) electrons. The van der Waals surface area contributed by atoms with Gasteiger partial charge in [0.15, 0.2) is 0 Å². The molecule has 1 aromatic carbocycles. The summed E-state index contributed by atoms with van der Waals surface area (Å²) in [5, 5.41) is 2.65. The van der Waals surface area contributed by atoms with Crippen LogP contribution >= 0.6 is 0 Å². The second-order valence-electron chi connectivity index (χ2n) is 5.92. The van der Waals surface area contributed by atoms with Crippen molar-refractivity contribution in [2.45, 2.75) is 19.8 Å². The maximum Gasteiger partial charge on any atom is 0.274 e. The molecule has 1 aromatic heterocycles. The molecule has 0 saturated carbocycles. The Kier molecular flexibility index (Phi) is 4.50. The summed E-state index contributed by atoms with van der Waals surface area (Å²) in [7, 11) is 0. The van der Waals surface area contributed by atoms with Crippen molar-refractivity contribution in [3.05, 3.63) is 48.2 Å². The SMILES string of the molecule is CC1CCCN(c2cc(C(=O)Nc3cccc(F)c3)ncn2)C1. The number of hydrogen-bond donors (Lipinski definition) is 1. The molecule has 120 valence electrons. The van der Waals surface area contributed by atoms with Gasteiger partial charge in [0.05, 0.1) is 0 Å². The van der Waals surface area contributed by atoms with Gasteiger partial charge < -0.3 is 10.2 Å². The number of anilines is 2. The van der Waals surface area contributed by atoms with Crippen LogP contribution in [0.2, 0.25) is 0 Å². The Morgan fingerprint density at radius 1 is 1.35 bits per heavy atom. The third-order valence-electron chi connectivity index (χ3n) is 3.95. The first-order valence-corrected chi connectivity index (χ1v) is 7.76. The summed E-state index contributed by atoms with van der Waals surface area (Å²) in [6.45, 7) is 4.08. The zero-order valence-electron chi connectivity index (χ0n) is 13.0. The number of carbonyl (C=O) groups excluding carboxylic acids is 1. The standard InChI is InChI=1S/C17H19FN4O/c1-12-4-3-7-22(10-12)16-9-15(19-11-20-16)17(23)21-14-6-2-5-13(18)8-14/h2,5-6,8-9,11-12H,3-4,7,10H2,1H3,(H,21,23). The average Bonchev–Trinajstić information content (AvgIpc) is 2.55. The molecule has 2 heterocycles. The van der Waals surface area contributed by atoms with Gasteiger partial charge in [0.2, 0.25) is 0 Å². The maximum atomic E-state index is 13.2. The molecule has 1 aliphatic rings. The van der Waals surface area contributed by atoms with E-state index in [1.807, 2.05) is 0 Å². The number of rotatable bonds is 3. The highest BCUT2D eigenvalue weighted by atomic mass is 19.1. The molecule has 1 atom stereocenters. The minimum Gasteiger partial charge on any atom is -0.356 e. The Morgan fingerprint density at radius 3 is 3.00 bits per heavy atom. The second kappa shape index (κ2) is 6.73. The van der Waals surface area contributed by atoms with Crippen molar-refractivity contribution in [3.63, 3.8) is 0 Å². The summed E-state index contributed by atoms with van der Waals surface area (Å²) >= 11 is 0. The fourth-order valence-electron chi connectivity index (χ4n) is 2.80. The first kappa shape index (κ1) is 15.4. The summed E-state index contributed by atoms with van der Waals surface area (Å²) in [4.78, 5) is 22.8. The number of amides is 1. The van der Waals surface area contributed by atoms with Gasteiger partial charge in [-0.1, -0.05) is 13.0 Å². The molecule has 0 bridgehead atoms. The van der Waals surface area contributed by atoms with Crippen molar-refractivity contribution in [1.82, 2.24) is 9.97 Å². The highest BCUT2D eigenvalue weighted by molar-refractivity contribution is 6.03. The quantitative estimate of drug-likeness (QED) is 0.946. The fraction of sp³-hybridized carbons (Fsp3) is 0.353. The monoisotopic (exact) mass is 314 g/mol. The molecule has 6 heteroatoms. The number of nitrogens with zero attached hydrogens (tertiary/aromatic N) is 3. The summed E-state index contributed by atoms with van der Waals surface area (Å²) in [5.41, 5.74) is 0.680. The van der Waals surface area contributed by atoms with Crippen LogP contribution in [0.1, 0.15) is 30.3 Å². The van der Waals surface area contributed by atoms with Crippen LogP contribution in [-0.4, -0.2) is 29.0 Å². The molecule has 1 fully saturated rings. The van der Waals surface area contributed by atoms with E-state index in [0.29, 0.717) is 11.6 Å². The van der Waals surface area contributed by atoms with E-state index in [0.717, 1.165) is 25.3 Å². The van der Waals surface area contributed by atoms with Gasteiger partial charge in [0, 0.05) is 24.8 Å². The van der Waals surface area contributed by atoms with Crippen LogP contribution in [0.15, 0.2) is 36.7 Å². The van der Waals surface area contributed by atoms with Crippen molar-refractivity contribution < 1.29 is 9.18 Å². The Bertz CT molecular complexity index is 706. The summed E-state index contributed by atoms with van der Waals surface area (Å²) in [6, 6.07) is 7.47. The number of piperidine rings is 1. The number of benzene rings is 1. The zero-order valence-corrected chi connectivity index (χ0v) is 13.0. The molecule has 2 aromatic rings. The minimum atomic E-state index is -0.395. The van der Waals surface area contributed by atoms with E-state index in [2.05, 4.69) is 27.1 Å². The highest BCUT2D eigenvalue weighted by Crippen LogP contribution is 2.21. The van der Waals surface area contributed by atoms with Gasteiger partial charge in [0.25, 0.3) is 5.91 Å². The highest BCUT2D eigenvalue weighted by Gasteiger charge is 2.19. The van der Waals surface area contributed by atoms with Crippen molar-refractivity contribution in [1.29, 1.82) is 0 Å². The van der Waals surface area contributed by atoms with E-state index in [1.54, 1.807) is 18.2 Å². The lowest BCUT2D eigenvalue weighted by Crippen LogP contribution is -2.35. The van der Waals surface area contributed by atoms with Gasteiger partial charge in [-0.05, 0) is 37.0 Å². The molecular formula is C17H19FN4O. The molecule has 23 heavy (non-hydrogen) atoms. The van der Waals surface area contributed by atoms with Crippen LogP contribution in [-0.2, 0) is 0 Å². The Hall–Kier alpha value is -2.50. The number of hydrogen-bond acceptors (Lipinski definition) is 4. The maximum absolute atomic E-state index is 13.2. The minimum absolute atomic E-state index is 0.275. The lowest BCUT2D eigenvalue weighted by Gasteiger charge is -2.31. The predicted molar refractivity (Wildman–Crippen MR) is 87.0 cm³/mol. The summed E-state index contributed by atoms with van der Waals surface area (Å²) in [6.07, 6.45) is 3.74. The smallest absolute Gasteiger partial charge is 0.274 e. The van der Waals surface area contributed by atoms with E-state index in [4.69, 9.17) is 0 Å². The third-order valence-corrected chi connectivity index (χ3v) is 3.95. The Morgan fingerprint density at radius 2 is 2.22 bits per heavy atom. The normalized spacial score (nSPS) is 17.8. The molecule has 3 rings (SSSR count). The van der Waals surface area contributed by atoms with Crippen molar-refractivity contribution in [3.8, 4) is 0 Å². The average molecular weight is 314 g/mol. The van der Waals surface area contributed by atoms with Gasteiger partial charge in [-0.25, -0.2) is 14.4 Å². The first-order valence-electron chi connectivity index (χ1n) is 7.76. The van der Waals surface area contributed by atoms with Crippen molar-refractivity contribution in [2.24, 2.45) is 5.92 Å².